The third kappa shape index (κ3) is 4.55. The minimum atomic E-state index is -5.35. The van der Waals surface area contributed by atoms with Gasteiger partial charge in [-0.05, 0) is 28.1 Å². The van der Waals surface area contributed by atoms with Crippen molar-refractivity contribution in [3.63, 3.8) is 0 Å². The number of nitrogens with zero attached hydrogens (tertiary/aromatic N) is 1. The highest BCUT2D eigenvalue weighted by Crippen LogP contribution is 2.49. The number of rotatable bonds is 3. The Labute approximate surface area is 167 Å². The van der Waals surface area contributed by atoms with Crippen LogP contribution in [0.15, 0.2) is 22.7 Å². The summed E-state index contributed by atoms with van der Waals surface area (Å²) < 4.78 is 80.3. The summed E-state index contributed by atoms with van der Waals surface area (Å²) in [5.74, 6) is -0.721. The molecule has 0 aliphatic heterocycles. The Morgan fingerprint density at radius 1 is 1.11 bits per heavy atom. The van der Waals surface area contributed by atoms with Gasteiger partial charge in [-0.2, -0.15) is 26.3 Å². The normalized spacial score (nSPS) is 12.4. The molecule has 1 amide bonds. The van der Waals surface area contributed by atoms with E-state index in [0.29, 0.717) is 4.57 Å². The Morgan fingerprint density at radius 2 is 1.70 bits per heavy atom. The zero-order valence-electron chi connectivity index (χ0n) is 13.2. The molecule has 3 nitrogen and oxygen atoms in total. The summed E-state index contributed by atoms with van der Waals surface area (Å²) >= 11 is 14.3. The first-order chi connectivity index (χ1) is 12.2. The first-order valence-corrected chi connectivity index (χ1v) is 8.56. The van der Waals surface area contributed by atoms with Crippen LogP contribution >= 0.6 is 39.1 Å². The molecule has 1 aromatic heterocycles. The van der Waals surface area contributed by atoms with Gasteiger partial charge in [-0.25, -0.2) is 0 Å². The quantitative estimate of drug-likeness (QED) is 0.492. The summed E-state index contributed by atoms with van der Waals surface area (Å²) in [5.41, 5.74) is -4.36. The zero-order valence-corrected chi connectivity index (χ0v) is 16.3. The van der Waals surface area contributed by atoms with Crippen molar-refractivity contribution < 1.29 is 31.1 Å². The number of alkyl halides is 6. The summed E-state index contributed by atoms with van der Waals surface area (Å²) in [6, 6.07) is 3.59. The van der Waals surface area contributed by atoms with Gasteiger partial charge in [0.05, 0.1) is 26.9 Å². The standard InChI is InChI=1S/C15H9BrCl2F6N2O/c1-6(27)25-5-26-12(7-2-3-8(17)9(18)4-7)11(16)10(14(19,20)21)13(26)15(22,23)24/h2-4H,5H2,1H3,(H,25,27). The molecule has 0 bridgehead atoms. The van der Waals surface area contributed by atoms with Gasteiger partial charge in [0, 0.05) is 12.5 Å². The van der Waals surface area contributed by atoms with Gasteiger partial charge >= 0.3 is 12.4 Å². The van der Waals surface area contributed by atoms with Crippen LogP contribution in [0.1, 0.15) is 18.2 Å². The molecule has 27 heavy (non-hydrogen) atoms. The third-order valence-electron chi connectivity index (χ3n) is 3.44. The van der Waals surface area contributed by atoms with Crippen molar-refractivity contribution in [2.75, 3.05) is 0 Å². The second-order valence-corrected chi connectivity index (χ2v) is 6.94. The fourth-order valence-electron chi connectivity index (χ4n) is 2.42. The molecular formula is C15H9BrCl2F6N2O. The van der Waals surface area contributed by atoms with Crippen LogP contribution in [0.5, 0.6) is 0 Å². The van der Waals surface area contributed by atoms with E-state index in [1.165, 1.54) is 12.1 Å². The van der Waals surface area contributed by atoms with Crippen LogP contribution in [0.4, 0.5) is 26.3 Å². The summed E-state index contributed by atoms with van der Waals surface area (Å²) in [5, 5.41) is 2.09. The van der Waals surface area contributed by atoms with Gasteiger partial charge in [-0.1, -0.05) is 29.3 Å². The Kier molecular flexibility index (Phi) is 6.13. The summed E-state index contributed by atoms with van der Waals surface area (Å²) in [7, 11) is 0. The lowest BCUT2D eigenvalue weighted by Gasteiger charge is -2.17. The van der Waals surface area contributed by atoms with E-state index in [4.69, 9.17) is 23.2 Å². The van der Waals surface area contributed by atoms with E-state index < -0.39 is 46.4 Å². The van der Waals surface area contributed by atoms with Crippen molar-refractivity contribution in [3.8, 4) is 11.3 Å². The number of aromatic nitrogens is 1. The second-order valence-electron chi connectivity index (χ2n) is 5.33. The highest BCUT2D eigenvalue weighted by Gasteiger charge is 2.49. The molecule has 1 aromatic carbocycles. The molecule has 2 aromatic rings. The Morgan fingerprint density at radius 3 is 2.15 bits per heavy atom. The van der Waals surface area contributed by atoms with Gasteiger partial charge in [0.15, 0.2) is 0 Å². The number of halogens is 9. The maximum Gasteiger partial charge on any atom is 0.432 e. The molecule has 0 aliphatic rings. The van der Waals surface area contributed by atoms with Gasteiger partial charge in [-0.15, -0.1) is 0 Å². The second kappa shape index (κ2) is 7.56. The molecular weight excluding hydrogens is 489 g/mol. The van der Waals surface area contributed by atoms with Crippen LogP contribution < -0.4 is 5.32 Å². The molecule has 2 rings (SSSR count). The van der Waals surface area contributed by atoms with Crippen LogP contribution in [-0.4, -0.2) is 10.5 Å². The van der Waals surface area contributed by atoms with E-state index in [1.807, 2.05) is 0 Å². The number of benzene rings is 1. The van der Waals surface area contributed by atoms with Gasteiger partial charge in [0.2, 0.25) is 5.91 Å². The predicted molar refractivity (Wildman–Crippen MR) is 91.4 cm³/mol. The molecule has 0 aliphatic carbocycles. The fourth-order valence-corrected chi connectivity index (χ4v) is 3.57. The van der Waals surface area contributed by atoms with Crippen LogP contribution in [0.2, 0.25) is 10.0 Å². The number of amides is 1. The molecule has 0 saturated carbocycles. The van der Waals surface area contributed by atoms with Crippen molar-refractivity contribution in [2.45, 2.75) is 25.9 Å². The molecule has 148 valence electrons. The van der Waals surface area contributed by atoms with E-state index in [-0.39, 0.29) is 15.6 Å². The largest absolute Gasteiger partial charge is 0.432 e. The molecule has 0 radical (unpaired) electrons. The van der Waals surface area contributed by atoms with Crippen LogP contribution in [-0.2, 0) is 23.8 Å². The van der Waals surface area contributed by atoms with Crippen molar-refractivity contribution in [1.82, 2.24) is 9.88 Å². The molecule has 0 unspecified atom stereocenters. The zero-order chi connectivity index (χ0) is 20.7. The molecule has 1 heterocycles. The topological polar surface area (TPSA) is 34.0 Å². The maximum atomic E-state index is 13.5. The lowest BCUT2D eigenvalue weighted by atomic mass is 10.1. The average molecular weight is 498 g/mol. The molecule has 0 spiro atoms. The highest BCUT2D eigenvalue weighted by molar-refractivity contribution is 9.10. The van der Waals surface area contributed by atoms with E-state index in [1.54, 1.807) is 0 Å². The van der Waals surface area contributed by atoms with Crippen molar-refractivity contribution >= 4 is 45.0 Å². The number of nitrogens with one attached hydrogen (secondary N) is 1. The number of hydrogen-bond acceptors (Lipinski definition) is 1. The van der Waals surface area contributed by atoms with Gasteiger partial charge in [-0.3, -0.25) is 4.79 Å². The van der Waals surface area contributed by atoms with E-state index in [0.717, 1.165) is 13.0 Å². The van der Waals surface area contributed by atoms with Crippen LogP contribution in [0.25, 0.3) is 11.3 Å². The average Bonchev–Trinajstić information content (AvgIpc) is 2.80. The van der Waals surface area contributed by atoms with Crippen LogP contribution in [0.3, 0.4) is 0 Å². The van der Waals surface area contributed by atoms with Crippen molar-refractivity contribution in [1.29, 1.82) is 0 Å². The lowest BCUT2D eigenvalue weighted by molar-refractivity contribution is -0.166. The monoisotopic (exact) mass is 496 g/mol. The Hall–Kier alpha value is -1.39. The number of carbonyl (C=O) groups excluding carboxylic acids is 1. The first-order valence-electron chi connectivity index (χ1n) is 7.01. The Bertz CT molecular complexity index is 892. The van der Waals surface area contributed by atoms with E-state index in [9.17, 15) is 31.1 Å². The number of carbonyl (C=O) groups is 1. The van der Waals surface area contributed by atoms with E-state index in [2.05, 4.69) is 21.2 Å². The summed E-state index contributed by atoms with van der Waals surface area (Å²) in [6.07, 6.45) is -10.7. The molecule has 0 atom stereocenters. The highest BCUT2D eigenvalue weighted by atomic mass is 79.9. The first kappa shape index (κ1) is 21.9. The van der Waals surface area contributed by atoms with Gasteiger partial charge in [0.25, 0.3) is 0 Å². The summed E-state index contributed by atoms with van der Waals surface area (Å²) in [6.45, 7) is 0.184. The van der Waals surface area contributed by atoms with Crippen molar-refractivity contribution in [2.24, 2.45) is 0 Å². The SMILES string of the molecule is CC(=O)NCn1c(-c2ccc(Cl)c(Cl)c2)c(Br)c(C(F)(F)F)c1C(F)(F)F. The predicted octanol–water partition coefficient (Wildman–Crippen LogP) is 6.36. The van der Waals surface area contributed by atoms with Gasteiger partial charge < -0.3 is 9.88 Å². The Balaban J connectivity index is 2.90. The number of hydrogen-bond donors (Lipinski definition) is 1. The smallest absolute Gasteiger partial charge is 0.338 e. The third-order valence-corrected chi connectivity index (χ3v) is 4.95. The minimum Gasteiger partial charge on any atom is -0.338 e. The molecule has 0 saturated heterocycles. The molecule has 12 heteroatoms. The van der Waals surface area contributed by atoms with Crippen molar-refractivity contribution in [3.05, 3.63) is 44.0 Å². The van der Waals surface area contributed by atoms with Gasteiger partial charge in [0.1, 0.15) is 11.3 Å². The minimum absolute atomic E-state index is 0.0531. The lowest BCUT2D eigenvalue weighted by Crippen LogP contribution is -2.28. The maximum absolute atomic E-state index is 13.5. The summed E-state index contributed by atoms with van der Waals surface area (Å²) in [4.78, 5) is 11.1. The van der Waals surface area contributed by atoms with Crippen LogP contribution in [0, 0.1) is 0 Å². The molecule has 1 N–H and O–H groups in total. The molecule has 0 fully saturated rings. The fraction of sp³-hybridized carbons (Fsp3) is 0.267. The van der Waals surface area contributed by atoms with E-state index >= 15 is 0 Å².